The predicted molar refractivity (Wildman–Crippen MR) is 81.5 cm³/mol. The third-order valence-corrected chi connectivity index (χ3v) is 4.00. The number of hydrogen-bond donors (Lipinski definition) is 2. The van der Waals surface area contributed by atoms with E-state index in [1.165, 1.54) is 0 Å². The van der Waals surface area contributed by atoms with Gasteiger partial charge in [0.2, 0.25) is 0 Å². The van der Waals surface area contributed by atoms with Gasteiger partial charge in [-0.1, -0.05) is 18.2 Å². The molecule has 1 saturated carbocycles. The molecule has 0 bridgehead atoms. The molecular weight excluding hydrogens is 266 g/mol. The lowest BCUT2D eigenvalue weighted by Crippen LogP contribution is -2.38. The molecule has 1 unspecified atom stereocenters. The molecule has 0 heterocycles. The second kappa shape index (κ2) is 5.74. The van der Waals surface area contributed by atoms with Crippen molar-refractivity contribution in [1.82, 2.24) is 5.32 Å². The van der Waals surface area contributed by atoms with Gasteiger partial charge in [-0.3, -0.25) is 4.79 Å². The number of hydrogen-bond acceptors (Lipinski definition) is 3. The van der Waals surface area contributed by atoms with Crippen LogP contribution in [0.3, 0.4) is 0 Å². The summed E-state index contributed by atoms with van der Waals surface area (Å²) in [5.41, 5.74) is 1.10. The Labute approximate surface area is 123 Å². The second-order valence-corrected chi connectivity index (χ2v) is 5.58. The number of nitrogens with one attached hydrogen (secondary N) is 1. The van der Waals surface area contributed by atoms with Gasteiger partial charge in [0, 0.05) is 6.54 Å². The topological polar surface area (TPSA) is 58.6 Å². The molecule has 1 aliphatic carbocycles. The number of methoxy groups -OCH3 is 1. The van der Waals surface area contributed by atoms with Gasteiger partial charge in [0.1, 0.15) is 11.8 Å². The number of carboxylic acids is 1. The van der Waals surface area contributed by atoms with Crippen LogP contribution in [-0.2, 0) is 11.3 Å². The maximum Gasteiger partial charge on any atom is 0.320 e. The molecule has 110 valence electrons. The molecule has 0 aromatic heterocycles. The van der Waals surface area contributed by atoms with Gasteiger partial charge in [-0.2, -0.15) is 0 Å². The molecule has 0 aliphatic heterocycles. The van der Waals surface area contributed by atoms with Crippen LogP contribution in [0.2, 0.25) is 0 Å². The third kappa shape index (κ3) is 3.16. The molecule has 1 aliphatic rings. The minimum atomic E-state index is -0.747. The summed E-state index contributed by atoms with van der Waals surface area (Å²) in [4.78, 5) is 11.2. The van der Waals surface area contributed by atoms with E-state index in [0.717, 1.165) is 34.9 Å². The summed E-state index contributed by atoms with van der Waals surface area (Å²) in [7, 11) is 1.66. The number of aliphatic carboxylic acids is 1. The highest BCUT2D eigenvalue weighted by molar-refractivity contribution is 5.84. The third-order valence-electron chi connectivity index (χ3n) is 4.00. The maximum absolute atomic E-state index is 11.2. The van der Waals surface area contributed by atoms with Gasteiger partial charge in [-0.25, -0.2) is 0 Å². The first-order valence-corrected chi connectivity index (χ1v) is 7.20. The molecular formula is C17H19NO3. The average Bonchev–Trinajstić information content (AvgIpc) is 3.31. The van der Waals surface area contributed by atoms with Gasteiger partial charge in [0.15, 0.2) is 0 Å². The number of fused-ring (bicyclic) bond motifs is 1. The van der Waals surface area contributed by atoms with Crippen molar-refractivity contribution in [2.45, 2.75) is 25.4 Å². The van der Waals surface area contributed by atoms with E-state index in [-0.39, 0.29) is 0 Å². The molecule has 0 radical (unpaired) electrons. The van der Waals surface area contributed by atoms with Crippen LogP contribution in [0.25, 0.3) is 10.8 Å². The first-order valence-electron chi connectivity index (χ1n) is 7.20. The summed E-state index contributed by atoms with van der Waals surface area (Å²) in [6, 6.07) is 11.7. The van der Waals surface area contributed by atoms with Gasteiger partial charge in [-0.05, 0) is 53.3 Å². The largest absolute Gasteiger partial charge is 0.497 e. The van der Waals surface area contributed by atoms with Gasteiger partial charge in [0.25, 0.3) is 0 Å². The van der Waals surface area contributed by atoms with E-state index in [9.17, 15) is 9.90 Å². The van der Waals surface area contributed by atoms with Crippen LogP contribution < -0.4 is 10.1 Å². The minimum absolute atomic E-state index is 0.298. The molecule has 0 amide bonds. The van der Waals surface area contributed by atoms with E-state index in [4.69, 9.17) is 4.74 Å². The summed E-state index contributed by atoms with van der Waals surface area (Å²) in [5, 5.41) is 14.6. The minimum Gasteiger partial charge on any atom is -0.497 e. The first-order chi connectivity index (χ1) is 10.2. The summed E-state index contributed by atoms with van der Waals surface area (Å²) in [6.45, 7) is 0.579. The molecule has 1 fully saturated rings. The fourth-order valence-electron chi connectivity index (χ4n) is 2.62. The van der Waals surface area contributed by atoms with Crippen molar-refractivity contribution in [1.29, 1.82) is 0 Å². The number of carbonyl (C=O) groups is 1. The second-order valence-electron chi connectivity index (χ2n) is 5.58. The van der Waals surface area contributed by atoms with Crippen molar-refractivity contribution in [2.24, 2.45) is 5.92 Å². The Balaban J connectivity index is 1.73. The molecule has 4 heteroatoms. The van der Waals surface area contributed by atoms with Crippen LogP contribution in [0.5, 0.6) is 5.75 Å². The van der Waals surface area contributed by atoms with Gasteiger partial charge in [-0.15, -0.1) is 0 Å². The Morgan fingerprint density at radius 3 is 2.67 bits per heavy atom. The van der Waals surface area contributed by atoms with Crippen LogP contribution >= 0.6 is 0 Å². The lowest BCUT2D eigenvalue weighted by atomic mass is 10.1. The van der Waals surface area contributed by atoms with Gasteiger partial charge < -0.3 is 15.2 Å². The monoisotopic (exact) mass is 285 g/mol. The zero-order valence-electron chi connectivity index (χ0n) is 12.0. The van der Waals surface area contributed by atoms with E-state index in [1.54, 1.807) is 7.11 Å². The summed E-state index contributed by atoms with van der Waals surface area (Å²) >= 11 is 0. The van der Waals surface area contributed by atoms with Crippen LogP contribution in [0.15, 0.2) is 36.4 Å². The molecule has 2 aromatic rings. The normalized spacial score (nSPS) is 15.9. The van der Waals surface area contributed by atoms with E-state index >= 15 is 0 Å². The Bertz CT molecular complexity index is 664. The van der Waals surface area contributed by atoms with E-state index in [2.05, 4.69) is 11.4 Å². The Kier molecular flexibility index (Phi) is 3.80. The van der Waals surface area contributed by atoms with Crippen molar-refractivity contribution in [2.75, 3.05) is 7.11 Å². The van der Waals surface area contributed by atoms with Crippen LogP contribution in [0, 0.1) is 5.92 Å². The zero-order valence-corrected chi connectivity index (χ0v) is 12.0. The highest BCUT2D eigenvalue weighted by atomic mass is 16.5. The molecule has 2 aromatic carbocycles. The standard InChI is InChI=1S/C17H19NO3/c1-21-15-7-6-13-8-11(2-3-14(13)9-15)10-18-16(17(19)20)12-4-5-12/h2-3,6-9,12,16,18H,4-5,10H2,1H3,(H,19,20). The van der Waals surface area contributed by atoms with Crippen molar-refractivity contribution in [3.63, 3.8) is 0 Å². The Hall–Kier alpha value is -2.07. The van der Waals surface area contributed by atoms with Crippen molar-refractivity contribution in [3.05, 3.63) is 42.0 Å². The number of ether oxygens (including phenoxy) is 1. The summed E-state index contributed by atoms with van der Waals surface area (Å²) in [5.74, 6) is 0.392. The highest BCUT2D eigenvalue weighted by Crippen LogP contribution is 2.33. The quantitative estimate of drug-likeness (QED) is 0.857. The van der Waals surface area contributed by atoms with E-state index in [0.29, 0.717) is 12.5 Å². The van der Waals surface area contributed by atoms with Gasteiger partial charge in [0.05, 0.1) is 7.11 Å². The van der Waals surface area contributed by atoms with Crippen molar-refractivity contribution < 1.29 is 14.6 Å². The van der Waals surface area contributed by atoms with Crippen LogP contribution in [0.1, 0.15) is 18.4 Å². The Morgan fingerprint density at radius 2 is 2.00 bits per heavy atom. The number of rotatable bonds is 6. The van der Waals surface area contributed by atoms with E-state index < -0.39 is 12.0 Å². The zero-order chi connectivity index (χ0) is 14.8. The molecule has 0 spiro atoms. The smallest absolute Gasteiger partial charge is 0.320 e. The molecule has 0 saturated heterocycles. The highest BCUT2D eigenvalue weighted by Gasteiger charge is 2.35. The van der Waals surface area contributed by atoms with Crippen molar-refractivity contribution >= 4 is 16.7 Å². The fourth-order valence-corrected chi connectivity index (χ4v) is 2.62. The lowest BCUT2D eigenvalue weighted by molar-refractivity contribution is -0.140. The Morgan fingerprint density at radius 1 is 1.29 bits per heavy atom. The fraction of sp³-hybridized carbons (Fsp3) is 0.353. The van der Waals surface area contributed by atoms with Crippen LogP contribution in [0.4, 0.5) is 0 Å². The lowest BCUT2D eigenvalue weighted by Gasteiger charge is -2.14. The average molecular weight is 285 g/mol. The molecule has 2 N–H and O–H groups in total. The van der Waals surface area contributed by atoms with Gasteiger partial charge >= 0.3 is 5.97 Å². The molecule has 4 nitrogen and oxygen atoms in total. The predicted octanol–water partition coefficient (Wildman–Crippen LogP) is 2.80. The molecule has 3 rings (SSSR count). The summed E-state index contributed by atoms with van der Waals surface area (Å²) < 4.78 is 5.21. The van der Waals surface area contributed by atoms with Crippen LogP contribution in [-0.4, -0.2) is 24.2 Å². The summed E-state index contributed by atoms with van der Waals surface area (Å²) in [6.07, 6.45) is 2.03. The molecule has 21 heavy (non-hydrogen) atoms. The SMILES string of the molecule is COc1ccc2cc(CNC(C(=O)O)C3CC3)ccc2c1. The first kappa shape index (κ1) is 13.9. The van der Waals surface area contributed by atoms with Crippen molar-refractivity contribution in [3.8, 4) is 5.75 Å². The maximum atomic E-state index is 11.2. The number of benzene rings is 2. The molecule has 1 atom stereocenters. The number of carboxylic acid groups (broad SMARTS) is 1. The van der Waals surface area contributed by atoms with E-state index in [1.807, 2.05) is 30.3 Å².